The number of hydrogen-bond acceptors (Lipinski definition) is 4. The maximum Gasteiger partial charge on any atom is 0.130 e. The summed E-state index contributed by atoms with van der Waals surface area (Å²) in [5.41, 5.74) is 2.89. The van der Waals surface area contributed by atoms with Gasteiger partial charge in [-0.1, -0.05) is 81.4 Å². The third-order valence-electron chi connectivity index (χ3n) is 5.65. The van der Waals surface area contributed by atoms with E-state index in [1.54, 1.807) is 12.1 Å². The number of hydrogen-bond donors (Lipinski definition) is 2. The molecular formula is C28H42O2S2. The fourth-order valence-electron chi connectivity index (χ4n) is 4.95. The summed E-state index contributed by atoms with van der Waals surface area (Å²) in [6.07, 6.45) is 2.10. The molecule has 4 heteroatoms. The lowest BCUT2D eigenvalue weighted by atomic mass is 9.72. The van der Waals surface area contributed by atoms with Gasteiger partial charge in [0.25, 0.3) is 0 Å². The van der Waals surface area contributed by atoms with Gasteiger partial charge >= 0.3 is 0 Å². The van der Waals surface area contributed by atoms with Gasteiger partial charge in [0.2, 0.25) is 0 Å². The zero-order chi connectivity index (χ0) is 24.5. The summed E-state index contributed by atoms with van der Waals surface area (Å²) in [7, 11) is 3.00. The minimum atomic E-state index is 0.00492. The molecule has 0 aliphatic rings. The number of benzene rings is 2. The van der Waals surface area contributed by atoms with Gasteiger partial charge in [0.05, 0.1) is 9.79 Å². The monoisotopic (exact) mass is 474 g/mol. The molecule has 2 N–H and O–H groups in total. The largest absolute Gasteiger partial charge is 0.507 e. The molecule has 0 aliphatic carbocycles. The summed E-state index contributed by atoms with van der Waals surface area (Å²) in [5.74, 6) is 0.558. The Morgan fingerprint density at radius 2 is 0.875 bits per heavy atom. The summed E-state index contributed by atoms with van der Waals surface area (Å²) in [6.45, 7) is 22.6. The molecule has 0 amide bonds. The van der Waals surface area contributed by atoms with Crippen LogP contribution in [-0.2, 0) is 10.8 Å². The van der Waals surface area contributed by atoms with Gasteiger partial charge in [-0.3, -0.25) is 0 Å². The lowest BCUT2D eigenvalue weighted by Crippen LogP contribution is -2.24. The fourth-order valence-corrected chi connectivity index (χ4v) is 7.13. The molecule has 178 valence electrons. The van der Waals surface area contributed by atoms with E-state index in [2.05, 4.69) is 81.4 Å². The van der Waals surface area contributed by atoms with E-state index in [0.29, 0.717) is 0 Å². The minimum absolute atomic E-state index is 0.00492. The first-order valence-corrected chi connectivity index (χ1v) is 13.6. The molecule has 0 radical (unpaired) electrons. The molecule has 0 atom stereocenters. The van der Waals surface area contributed by atoms with Crippen LogP contribution in [0.3, 0.4) is 0 Å². The predicted octanol–water partition coefficient (Wildman–Crippen LogP) is 9.32. The third-order valence-corrected chi connectivity index (χ3v) is 8.07. The van der Waals surface area contributed by atoms with Gasteiger partial charge in [-0.25, -0.2) is 0 Å². The first kappa shape index (κ1) is 27.0. The van der Waals surface area contributed by atoms with Crippen LogP contribution in [0, 0.1) is 10.8 Å². The van der Waals surface area contributed by atoms with Crippen LogP contribution >= 0.6 is 21.6 Å². The van der Waals surface area contributed by atoms with Crippen molar-refractivity contribution in [2.45, 2.75) is 103 Å². The van der Waals surface area contributed by atoms with Crippen molar-refractivity contribution >= 4 is 21.6 Å². The number of phenols is 2. The molecule has 0 saturated carbocycles. The van der Waals surface area contributed by atoms with Crippen molar-refractivity contribution in [1.29, 1.82) is 0 Å². The molecule has 0 bridgehead atoms. The van der Waals surface area contributed by atoms with Crippen molar-refractivity contribution in [2.24, 2.45) is 10.8 Å². The molecule has 32 heavy (non-hydrogen) atoms. The second-order valence-corrected chi connectivity index (χ2v) is 15.0. The van der Waals surface area contributed by atoms with E-state index in [-0.39, 0.29) is 33.2 Å². The van der Waals surface area contributed by atoms with E-state index in [0.717, 1.165) is 22.6 Å². The molecule has 2 rings (SSSR count). The molecule has 0 aliphatic heterocycles. The van der Waals surface area contributed by atoms with Crippen molar-refractivity contribution in [3.8, 4) is 11.5 Å². The molecule has 0 heterocycles. The quantitative estimate of drug-likeness (QED) is 0.392. The molecule has 0 unspecified atom stereocenters. The lowest BCUT2D eigenvalue weighted by molar-refractivity contribution is 0.283. The second kappa shape index (κ2) is 9.54. The highest BCUT2D eigenvalue weighted by molar-refractivity contribution is 8.76. The Labute approximate surface area is 204 Å². The van der Waals surface area contributed by atoms with E-state index >= 15 is 0 Å². The van der Waals surface area contributed by atoms with Crippen molar-refractivity contribution < 1.29 is 10.2 Å². The molecule has 0 saturated heterocycles. The third kappa shape index (κ3) is 7.66. The van der Waals surface area contributed by atoms with Crippen molar-refractivity contribution in [3.63, 3.8) is 0 Å². The minimum Gasteiger partial charge on any atom is -0.507 e. The van der Waals surface area contributed by atoms with Crippen LogP contribution < -0.4 is 0 Å². The van der Waals surface area contributed by atoms with Crippen LogP contribution in [0.15, 0.2) is 46.2 Å². The molecule has 0 fully saturated rings. The molecule has 0 spiro atoms. The zero-order valence-electron chi connectivity index (χ0n) is 21.6. The summed E-state index contributed by atoms with van der Waals surface area (Å²) in [4.78, 5) is 1.65. The molecule has 2 aromatic carbocycles. The second-order valence-electron chi connectivity index (χ2n) is 12.8. The maximum absolute atomic E-state index is 10.5. The van der Waals surface area contributed by atoms with Gasteiger partial charge in [-0.2, -0.15) is 0 Å². The Morgan fingerprint density at radius 1 is 0.562 bits per heavy atom. The zero-order valence-corrected chi connectivity index (χ0v) is 23.2. The van der Waals surface area contributed by atoms with E-state index in [1.807, 2.05) is 12.1 Å². The SMILES string of the molecule is CC(C)(C)CC(C)(C)c1ccc(O)c(SSc2cc(C(C)(C)CC(C)(C)C)ccc2O)c1. The topological polar surface area (TPSA) is 40.5 Å². The number of aromatic hydroxyl groups is 2. The Morgan fingerprint density at radius 3 is 1.16 bits per heavy atom. The van der Waals surface area contributed by atoms with Crippen molar-refractivity contribution in [3.05, 3.63) is 47.5 Å². The van der Waals surface area contributed by atoms with Gasteiger partial charge in [-0.15, -0.1) is 0 Å². The molecule has 2 aromatic rings. The number of rotatable bonds is 7. The van der Waals surface area contributed by atoms with Gasteiger partial charge in [-0.05, 0) is 91.5 Å². The van der Waals surface area contributed by atoms with Crippen molar-refractivity contribution in [1.82, 2.24) is 0 Å². The normalized spacial score (nSPS) is 13.4. The molecule has 0 aromatic heterocycles. The van der Waals surface area contributed by atoms with Crippen LogP contribution in [0.2, 0.25) is 0 Å². The highest BCUT2D eigenvalue weighted by Crippen LogP contribution is 2.48. The van der Waals surface area contributed by atoms with Crippen LogP contribution in [0.5, 0.6) is 11.5 Å². The Kier molecular flexibility index (Phi) is 8.05. The maximum atomic E-state index is 10.5. The summed E-state index contributed by atoms with van der Waals surface area (Å²) >= 11 is 0. The standard InChI is InChI=1S/C28H42O2S2/c1-25(2,3)17-27(7,8)19-11-13-21(29)23(15-19)31-32-24-16-20(12-14-22(24)30)28(9,10)18-26(4,5)6/h11-16,29-30H,17-18H2,1-10H3. The summed E-state index contributed by atoms with van der Waals surface area (Å²) in [5, 5.41) is 21.0. The first-order chi connectivity index (χ1) is 14.4. The van der Waals surface area contributed by atoms with E-state index in [9.17, 15) is 10.2 Å². The van der Waals surface area contributed by atoms with Crippen LogP contribution in [0.25, 0.3) is 0 Å². The molecular weight excluding hydrogens is 432 g/mol. The average Bonchev–Trinajstić information content (AvgIpc) is 2.57. The summed E-state index contributed by atoms with van der Waals surface area (Å²) < 4.78 is 0. The Hall–Kier alpha value is -1.26. The van der Waals surface area contributed by atoms with Crippen LogP contribution in [0.4, 0.5) is 0 Å². The average molecular weight is 475 g/mol. The predicted molar refractivity (Wildman–Crippen MR) is 142 cm³/mol. The first-order valence-electron chi connectivity index (χ1n) is 11.4. The Bertz CT molecular complexity index is 854. The molecule has 2 nitrogen and oxygen atoms in total. The van der Waals surface area contributed by atoms with Crippen molar-refractivity contribution in [2.75, 3.05) is 0 Å². The Balaban J connectivity index is 2.27. The smallest absolute Gasteiger partial charge is 0.130 e. The van der Waals surface area contributed by atoms with Gasteiger partial charge in [0.1, 0.15) is 11.5 Å². The van der Waals surface area contributed by atoms with Gasteiger partial charge in [0, 0.05) is 0 Å². The van der Waals surface area contributed by atoms with Crippen LogP contribution in [-0.4, -0.2) is 10.2 Å². The van der Waals surface area contributed by atoms with Gasteiger partial charge in [0.15, 0.2) is 0 Å². The number of phenolic OH excluding ortho intramolecular Hbond substituents is 2. The van der Waals surface area contributed by atoms with Gasteiger partial charge < -0.3 is 10.2 Å². The van der Waals surface area contributed by atoms with E-state index in [1.165, 1.54) is 32.7 Å². The highest BCUT2D eigenvalue weighted by Gasteiger charge is 2.29. The van der Waals surface area contributed by atoms with E-state index < -0.39 is 0 Å². The van der Waals surface area contributed by atoms with Crippen LogP contribution in [0.1, 0.15) is 93.2 Å². The fraction of sp³-hybridized carbons (Fsp3) is 0.571. The summed E-state index contributed by atoms with van der Waals surface area (Å²) in [6, 6.07) is 11.9. The highest BCUT2D eigenvalue weighted by atomic mass is 33.1. The van der Waals surface area contributed by atoms with E-state index in [4.69, 9.17) is 0 Å². The lowest BCUT2D eigenvalue weighted by Gasteiger charge is -2.33.